The summed E-state index contributed by atoms with van der Waals surface area (Å²) in [6.07, 6.45) is 28.3. The molecule has 1 aliphatic rings. The van der Waals surface area contributed by atoms with Gasteiger partial charge in [-0.25, -0.2) is 0 Å². The zero-order valence-electron chi connectivity index (χ0n) is 29.9. The maximum Gasteiger partial charge on any atom is 0.303 e. The minimum absolute atomic E-state index is 0.0304. The van der Waals surface area contributed by atoms with Crippen molar-refractivity contribution in [2.24, 2.45) is 5.41 Å². The Balaban J connectivity index is 2.43. The van der Waals surface area contributed by atoms with Gasteiger partial charge in [0, 0.05) is 25.9 Å². The van der Waals surface area contributed by atoms with Crippen molar-refractivity contribution in [2.75, 3.05) is 13.1 Å². The topological polar surface area (TPSA) is 125 Å². The summed E-state index contributed by atoms with van der Waals surface area (Å²) in [6.45, 7) is 5.66. The van der Waals surface area contributed by atoms with Gasteiger partial charge in [-0.05, 0) is 37.5 Å². The van der Waals surface area contributed by atoms with Crippen molar-refractivity contribution in [1.29, 1.82) is 0 Å². The van der Waals surface area contributed by atoms with Crippen molar-refractivity contribution >= 4 is 23.7 Å². The third-order valence-corrected chi connectivity index (χ3v) is 9.72. The molecule has 0 unspecified atom stereocenters. The van der Waals surface area contributed by atoms with E-state index in [0.717, 1.165) is 44.9 Å². The first-order chi connectivity index (χ1) is 22.3. The van der Waals surface area contributed by atoms with Crippen LogP contribution >= 0.6 is 0 Å². The van der Waals surface area contributed by atoms with Gasteiger partial charge in [0.25, 0.3) is 0 Å². The molecule has 8 heteroatoms. The number of nitrogens with one attached hydrogen (secondary N) is 3. The number of carboxylic acids is 1. The van der Waals surface area contributed by atoms with E-state index in [0.29, 0.717) is 25.9 Å². The SMILES string of the molecule is CCCCCCCCCCCCNC(=O)CC[C@H](NC(=O)CC1(CC(=O)O)CCCC1)C(=O)NCCCCCCCCCCCC. The summed E-state index contributed by atoms with van der Waals surface area (Å²) >= 11 is 0. The average molecular weight is 650 g/mol. The van der Waals surface area contributed by atoms with E-state index < -0.39 is 17.4 Å². The van der Waals surface area contributed by atoms with Gasteiger partial charge in [0.15, 0.2) is 0 Å². The van der Waals surface area contributed by atoms with Gasteiger partial charge in [-0.1, -0.05) is 142 Å². The molecule has 0 aromatic heterocycles. The van der Waals surface area contributed by atoms with Crippen molar-refractivity contribution in [3.8, 4) is 0 Å². The molecule has 0 aliphatic heterocycles. The molecule has 0 aromatic carbocycles. The molecule has 1 atom stereocenters. The number of hydrogen-bond donors (Lipinski definition) is 4. The van der Waals surface area contributed by atoms with Crippen LogP contribution in [0.4, 0.5) is 0 Å². The molecule has 4 N–H and O–H groups in total. The van der Waals surface area contributed by atoms with Crippen LogP contribution in [-0.2, 0) is 19.2 Å². The van der Waals surface area contributed by atoms with Crippen LogP contribution in [-0.4, -0.2) is 47.9 Å². The number of unbranched alkanes of at least 4 members (excludes halogenated alkanes) is 18. The molecular weight excluding hydrogens is 578 g/mol. The number of carbonyl (C=O) groups excluding carboxylic acids is 3. The summed E-state index contributed by atoms with van der Waals surface area (Å²) in [7, 11) is 0. The Kier molecular flexibility index (Phi) is 25.5. The fourth-order valence-electron chi connectivity index (χ4n) is 6.87. The second kappa shape index (κ2) is 27.9. The Labute approximate surface area is 281 Å². The van der Waals surface area contributed by atoms with Crippen molar-refractivity contribution in [1.82, 2.24) is 16.0 Å². The second-order valence-electron chi connectivity index (χ2n) is 14.1. The Morgan fingerprint density at radius 1 is 0.587 bits per heavy atom. The van der Waals surface area contributed by atoms with Gasteiger partial charge >= 0.3 is 5.97 Å². The van der Waals surface area contributed by atoms with Crippen molar-refractivity contribution in [2.45, 2.75) is 200 Å². The molecule has 1 rings (SSSR count). The Bertz CT molecular complexity index is 812. The molecule has 1 aliphatic carbocycles. The monoisotopic (exact) mass is 650 g/mol. The predicted molar refractivity (Wildman–Crippen MR) is 189 cm³/mol. The minimum atomic E-state index is -0.889. The Hall–Kier alpha value is -2.12. The highest BCUT2D eigenvalue weighted by molar-refractivity contribution is 5.88. The molecule has 1 fully saturated rings. The molecule has 0 radical (unpaired) electrons. The fourth-order valence-corrected chi connectivity index (χ4v) is 6.87. The van der Waals surface area contributed by atoms with E-state index >= 15 is 0 Å². The second-order valence-corrected chi connectivity index (χ2v) is 14.1. The lowest BCUT2D eigenvalue weighted by Crippen LogP contribution is -2.48. The minimum Gasteiger partial charge on any atom is -0.481 e. The van der Waals surface area contributed by atoms with Crippen LogP contribution in [0.15, 0.2) is 0 Å². The number of carbonyl (C=O) groups is 4. The first-order valence-corrected chi connectivity index (χ1v) is 19.4. The van der Waals surface area contributed by atoms with E-state index in [1.165, 1.54) is 96.3 Å². The smallest absolute Gasteiger partial charge is 0.303 e. The third-order valence-electron chi connectivity index (χ3n) is 9.72. The third kappa shape index (κ3) is 22.4. The summed E-state index contributed by atoms with van der Waals surface area (Å²) in [4.78, 5) is 50.4. The zero-order chi connectivity index (χ0) is 33.7. The summed E-state index contributed by atoms with van der Waals surface area (Å²) in [6, 6.07) is -0.804. The first-order valence-electron chi connectivity index (χ1n) is 19.4. The van der Waals surface area contributed by atoms with Crippen molar-refractivity contribution in [3.63, 3.8) is 0 Å². The van der Waals surface area contributed by atoms with Gasteiger partial charge < -0.3 is 21.1 Å². The quantitative estimate of drug-likeness (QED) is 0.0559. The van der Waals surface area contributed by atoms with Crippen LogP contribution in [0.25, 0.3) is 0 Å². The number of rotatable bonds is 31. The number of amides is 3. The van der Waals surface area contributed by atoms with Gasteiger partial charge in [0.2, 0.25) is 17.7 Å². The summed E-state index contributed by atoms with van der Waals surface area (Å²) in [5.41, 5.74) is -0.542. The lowest BCUT2D eigenvalue weighted by Gasteiger charge is -2.27. The average Bonchev–Trinajstić information content (AvgIpc) is 3.47. The standard InChI is InChI=1S/C38H71N3O5/c1-3-5-7-9-11-13-15-17-19-23-29-39-34(42)26-25-33(41-35(43)31-38(32-36(44)45)27-21-22-28-38)37(46)40-30-24-20-18-16-14-12-10-8-6-4-2/h33H,3-32H2,1-2H3,(H,39,42)(H,40,46)(H,41,43)(H,44,45)/t33-/m0/s1. The van der Waals surface area contributed by atoms with Crippen LogP contribution in [0.3, 0.4) is 0 Å². The largest absolute Gasteiger partial charge is 0.481 e. The molecule has 0 heterocycles. The van der Waals surface area contributed by atoms with E-state index in [1.807, 2.05) is 0 Å². The lowest BCUT2D eigenvalue weighted by atomic mass is 9.79. The lowest BCUT2D eigenvalue weighted by molar-refractivity contribution is -0.141. The van der Waals surface area contributed by atoms with Gasteiger partial charge in [-0.2, -0.15) is 0 Å². The maximum absolute atomic E-state index is 13.2. The van der Waals surface area contributed by atoms with Crippen LogP contribution < -0.4 is 16.0 Å². The van der Waals surface area contributed by atoms with Crippen LogP contribution in [0.2, 0.25) is 0 Å². The summed E-state index contributed by atoms with van der Waals surface area (Å²) < 4.78 is 0. The van der Waals surface area contributed by atoms with Gasteiger partial charge in [0.1, 0.15) is 6.04 Å². The van der Waals surface area contributed by atoms with E-state index in [9.17, 15) is 24.3 Å². The van der Waals surface area contributed by atoms with E-state index in [2.05, 4.69) is 29.8 Å². The van der Waals surface area contributed by atoms with Crippen molar-refractivity contribution < 1.29 is 24.3 Å². The van der Waals surface area contributed by atoms with Crippen LogP contribution in [0.5, 0.6) is 0 Å². The molecule has 3 amide bonds. The molecule has 0 aromatic rings. The molecule has 1 saturated carbocycles. The van der Waals surface area contributed by atoms with Crippen LogP contribution in [0.1, 0.15) is 194 Å². The molecule has 8 nitrogen and oxygen atoms in total. The highest BCUT2D eigenvalue weighted by Crippen LogP contribution is 2.44. The predicted octanol–water partition coefficient (Wildman–Crippen LogP) is 8.75. The molecule has 0 spiro atoms. The van der Waals surface area contributed by atoms with Gasteiger partial charge in [-0.3, -0.25) is 19.2 Å². The maximum atomic E-state index is 13.2. The molecular formula is C38H71N3O5. The Morgan fingerprint density at radius 3 is 1.48 bits per heavy atom. The molecule has 0 bridgehead atoms. The van der Waals surface area contributed by atoms with Gasteiger partial charge in [0.05, 0.1) is 6.42 Å². The summed E-state index contributed by atoms with van der Waals surface area (Å²) in [5, 5.41) is 18.3. The normalized spacial score (nSPS) is 14.6. The Morgan fingerprint density at radius 2 is 1.02 bits per heavy atom. The van der Waals surface area contributed by atoms with E-state index in [4.69, 9.17) is 0 Å². The van der Waals surface area contributed by atoms with E-state index in [-0.39, 0.29) is 43.4 Å². The number of hydrogen-bond acceptors (Lipinski definition) is 4. The fraction of sp³-hybridized carbons (Fsp3) is 0.895. The summed E-state index contributed by atoms with van der Waals surface area (Å²) in [5.74, 6) is -1.55. The van der Waals surface area contributed by atoms with Crippen LogP contribution in [0, 0.1) is 5.41 Å². The number of carboxylic acid groups (broad SMARTS) is 1. The molecule has 0 saturated heterocycles. The molecule has 268 valence electrons. The number of aliphatic carboxylic acids is 1. The van der Waals surface area contributed by atoms with Gasteiger partial charge in [-0.15, -0.1) is 0 Å². The highest BCUT2D eigenvalue weighted by atomic mass is 16.4. The zero-order valence-corrected chi connectivity index (χ0v) is 29.9. The van der Waals surface area contributed by atoms with E-state index in [1.54, 1.807) is 0 Å². The highest BCUT2D eigenvalue weighted by Gasteiger charge is 2.38. The molecule has 46 heavy (non-hydrogen) atoms. The first kappa shape index (κ1) is 41.9. The van der Waals surface area contributed by atoms with Crippen molar-refractivity contribution in [3.05, 3.63) is 0 Å².